The zero-order valence-corrected chi connectivity index (χ0v) is 7.36. The largest absolute Gasteiger partial charge is 0.396 e. The summed E-state index contributed by atoms with van der Waals surface area (Å²) < 4.78 is 1.67. The molecule has 1 heterocycles. The van der Waals surface area contributed by atoms with Gasteiger partial charge in [0, 0.05) is 6.61 Å². The first-order valence-corrected chi connectivity index (χ1v) is 3.85. The molecule has 1 aromatic heterocycles. The minimum Gasteiger partial charge on any atom is -0.396 e. The van der Waals surface area contributed by atoms with Crippen molar-refractivity contribution < 1.29 is 5.11 Å². The van der Waals surface area contributed by atoms with E-state index in [0.717, 1.165) is 0 Å². The molecule has 0 aliphatic heterocycles. The standard InChI is InChI=1S/C7H14N4O/c1-7(2,3-4-12)11-5-9-6(8)10-11/h5,12H,3-4H2,1-2H3,(H2,8,10). The molecular weight excluding hydrogens is 156 g/mol. The first-order valence-electron chi connectivity index (χ1n) is 3.85. The quantitative estimate of drug-likeness (QED) is 0.668. The molecule has 0 saturated heterocycles. The number of nitrogens with zero attached hydrogens (tertiary/aromatic N) is 3. The molecule has 1 rings (SSSR count). The molecule has 0 saturated carbocycles. The molecule has 68 valence electrons. The summed E-state index contributed by atoms with van der Waals surface area (Å²) in [5.74, 6) is 0.265. The fourth-order valence-corrected chi connectivity index (χ4v) is 0.956. The second-order valence-electron chi connectivity index (χ2n) is 3.33. The molecule has 0 radical (unpaired) electrons. The summed E-state index contributed by atoms with van der Waals surface area (Å²) in [4.78, 5) is 3.81. The number of aromatic nitrogens is 3. The molecule has 0 fully saturated rings. The number of anilines is 1. The van der Waals surface area contributed by atoms with Crippen molar-refractivity contribution in [2.24, 2.45) is 0 Å². The van der Waals surface area contributed by atoms with Crippen LogP contribution in [0.1, 0.15) is 20.3 Å². The molecule has 0 aliphatic rings. The number of nitrogens with two attached hydrogens (primary N) is 1. The van der Waals surface area contributed by atoms with Gasteiger partial charge in [-0.05, 0) is 20.3 Å². The van der Waals surface area contributed by atoms with E-state index in [2.05, 4.69) is 10.1 Å². The summed E-state index contributed by atoms with van der Waals surface area (Å²) in [6.07, 6.45) is 2.21. The van der Waals surface area contributed by atoms with Gasteiger partial charge in [0.25, 0.3) is 0 Å². The van der Waals surface area contributed by atoms with Gasteiger partial charge >= 0.3 is 0 Å². The first-order chi connectivity index (χ1) is 5.56. The van der Waals surface area contributed by atoms with Crippen LogP contribution >= 0.6 is 0 Å². The van der Waals surface area contributed by atoms with E-state index < -0.39 is 0 Å². The number of aliphatic hydroxyl groups excluding tert-OH is 1. The molecule has 5 heteroatoms. The topological polar surface area (TPSA) is 77.0 Å². The predicted octanol–water partition coefficient (Wildman–Crippen LogP) is -0.0222. The highest BCUT2D eigenvalue weighted by molar-refractivity contribution is 5.10. The van der Waals surface area contributed by atoms with Gasteiger partial charge < -0.3 is 10.8 Å². The predicted molar refractivity (Wildman–Crippen MR) is 45.5 cm³/mol. The number of hydrogen-bond donors (Lipinski definition) is 2. The Hall–Kier alpha value is -1.10. The van der Waals surface area contributed by atoms with Gasteiger partial charge in [-0.3, -0.25) is 0 Å². The third kappa shape index (κ3) is 1.73. The van der Waals surface area contributed by atoms with E-state index in [1.54, 1.807) is 11.0 Å². The fraction of sp³-hybridized carbons (Fsp3) is 0.714. The van der Waals surface area contributed by atoms with Crippen molar-refractivity contribution in [3.63, 3.8) is 0 Å². The van der Waals surface area contributed by atoms with E-state index in [4.69, 9.17) is 10.8 Å². The van der Waals surface area contributed by atoms with Crippen LogP contribution in [-0.4, -0.2) is 26.5 Å². The van der Waals surface area contributed by atoms with Gasteiger partial charge in [0.2, 0.25) is 5.95 Å². The molecule has 0 unspecified atom stereocenters. The molecule has 0 atom stereocenters. The normalized spacial score (nSPS) is 11.9. The molecule has 0 aromatic carbocycles. The minimum absolute atomic E-state index is 0.132. The Labute approximate surface area is 71.2 Å². The van der Waals surface area contributed by atoms with Gasteiger partial charge in [-0.2, -0.15) is 0 Å². The highest BCUT2D eigenvalue weighted by Gasteiger charge is 2.20. The summed E-state index contributed by atoms with van der Waals surface area (Å²) in [7, 11) is 0. The van der Waals surface area contributed by atoms with Crippen molar-refractivity contribution in [1.29, 1.82) is 0 Å². The number of rotatable bonds is 3. The van der Waals surface area contributed by atoms with Gasteiger partial charge in [0.15, 0.2) is 0 Å². The lowest BCUT2D eigenvalue weighted by Gasteiger charge is -2.23. The average molecular weight is 170 g/mol. The van der Waals surface area contributed by atoms with E-state index in [9.17, 15) is 0 Å². The summed E-state index contributed by atoms with van der Waals surface area (Å²) >= 11 is 0. The van der Waals surface area contributed by atoms with Gasteiger partial charge in [-0.1, -0.05) is 0 Å². The highest BCUT2D eigenvalue weighted by atomic mass is 16.3. The minimum atomic E-state index is -0.223. The van der Waals surface area contributed by atoms with Gasteiger partial charge in [0.05, 0.1) is 5.54 Å². The second-order valence-corrected chi connectivity index (χ2v) is 3.33. The van der Waals surface area contributed by atoms with Crippen LogP contribution in [0.3, 0.4) is 0 Å². The SMILES string of the molecule is CC(C)(CCO)n1cnc(N)n1. The van der Waals surface area contributed by atoms with Crippen LogP contribution in [0.4, 0.5) is 5.95 Å². The van der Waals surface area contributed by atoms with Crippen LogP contribution in [0.15, 0.2) is 6.33 Å². The third-order valence-electron chi connectivity index (χ3n) is 1.85. The van der Waals surface area contributed by atoms with Crippen LogP contribution in [0.25, 0.3) is 0 Å². The number of hydrogen-bond acceptors (Lipinski definition) is 4. The zero-order chi connectivity index (χ0) is 9.19. The lowest BCUT2D eigenvalue weighted by Crippen LogP contribution is -2.28. The Morgan fingerprint density at radius 1 is 1.67 bits per heavy atom. The fourth-order valence-electron chi connectivity index (χ4n) is 0.956. The maximum Gasteiger partial charge on any atom is 0.239 e. The molecule has 12 heavy (non-hydrogen) atoms. The highest BCUT2D eigenvalue weighted by Crippen LogP contribution is 2.17. The molecule has 0 bridgehead atoms. The Kier molecular flexibility index (Phi) is 2.32. The lowest BCUT2D eigenvalue weighted by atomic mass is 10.0. The first kappa shape index (κ1) is 8.99. The van der Waals surface area contributed by atoms with Crippen molar-refractivity contribution in [1.82, 2.24) is 14.8 Å². The smallest absolute Gasteiger partial charge is 0.239 e. The summed E-state index contributed by atoms with van der Waals surface area (Å²) in [5, 5.41) is 12.8. The van der Waals surface area contributed by atoms with Crippen molar-refractivity contribution in [3.8, 4) is 0 Å². The van der Waals surface area contributed by atoms with Crippen molar-refractivity contribution in [3.05, 3.63) is 6.33 Å². The van der Waals surface area contributed by atoms with E-state index in [1.807, 2.05) is 13.8 Å². The zero-order valence-electron chi connectivity index (χ0n) is 7.36. The Morgan fingerprint density at radius 3 is 2.75 bits per heavy atom. The molecule has 0 amide bonds. The second kappa shape index (κ2) is 3.10. The Morgan fingerprint density at radius 2 is 2.33 bits per heavy atom. The number of aliphatic hydroxyl groups is 1. The summed E-state index contributed by atoms with van der Waals surface area (Å²) in [6.45, 7) is 4.07. The van der Waals surface area contributed by atoms with Crippen LogP contribution in [0, 0.1) is 0 Å². The molecular formula is C7H14N4O. The molecule has 0 aliphatic carbocycles. The third-order valence-corrected chi connectivity index (χ3v) is 1.85. The van der Waals surface area contributed by atoms with E-state index in [-0.39, 0.29) is 18.1 Å². The Bertz CT molecular complexity index is 256. The average Bonchev–Trinajstić information content (AvgIpc) is 2.36. The van der Waals surface area contributed by atoms with Crippen LogP contribution < -0.4 is 5.73 Å². The summed E-state index contributed by atoms with van der Waals surface area (Å²) in [6, 6.07) is 0. The van der Waals surface area contributed by atoms with Crippen molar-refractivity contribution in [2.45, 2.75) is 25.8 Å². The number of nitrogen functional groups attached to an aromatic ring is 1. The van der Waals surface area contributed by atoms with Gasteiger partial charge in [-0.25, -0.2) is 9.67 Å². The van der Waals surface area contributed by atoms with Crippen molar-refractivity contribution in [2.75, 3.05) is 12.3 Å². The van der Waals surface area contributed by atoms with Crippen molar-refractivity contribution >= 4 is 5.95 Å². The molecule has 3 N–H and O–H groups in total. The Balaban J connectivity index is 2.81. The van der Waals surface area contributed by atoms with Gasteiger partial charge in [0.1, 0.15) is 6.33 Å². The van der Waals surface area contributed by atoms with Gasteiger partial charge in [-0.15, -0.1) is 5.10 Å². The van der Waals surface area contributed by atoms with Crippen LogP contribution in [-0.2, 0) is 5.54 Å². The van der Waals surface area contributed by atoms with Crippen LogP contribution in [0.2, 0.25) is 0 Å². The van der Waals surface area contributed by atoms with E-state index >= 15 is 0 Å². The maximum absolute atomic E-state index is 8.78. The molecule has 0 spiro atoms. The van der Waals surface area contributed by atoms with E-state index in [0.29, 0.717) is 6.42 Å². The maximum atomic E-state index is 8.78. The van der Waals surface area contributed by atoms with E-state index in [1.165, 1.54) is 0 Å². The molecule has 5 nitrogen and oxygen atoms in total. The molecule has 1 aromatic rings. The monoisotopic (exact) mass is 170 g/mol. The summed E-state index contributed by atoms with van der Waals surface area (Å²) in [5.41, 5.74) is 5.14. The lowest BCUT2D eigenvalue weighted by molar-refractivity contribution is 0.201. The van der Waals surface area contributed by atoms with Crippen LogP contribution in [0.5, 0.6) is 0 Å².